The zero-order valence-electron chi connectivity index (χ0n) is 10.6. The Balaban J connectivity index is 2.17. The van der Waals surface area contributed by atoms with E-state index in [4.69, 9.17) is 5.73 Å². The molecular formula is C13H17N3O3. The van der Waals surface area contributed by atoms with Gasteiger partial charge in [-0.1, -0.05) is 19.3 Å². The van der Waals surface area contributed by atoms with Crippen molar-refractivity contribution >= 4 is 17.3 Å². The fraction of sp³-hybridized carbons (Fsp3) is 0.462. The smallest absolute Gasteiger partial charge is 0.282 e. The number of benzene rings is 1. The number of nitrogen functional groups attached to an aromatic ring is 1. The van der Waals surface area contributed by atoms with Crippen molar-refractivity contribution in [1.29, 1.82) is 0 Å². The van der Waals surface area contributed by atoms with Crippen LogP contribution in [0.3, 0.4) is 0 Å². The molecule has 0 radical (unpaired) electrons. The summed E-state index contributed by atoms with van der Waals surface area (Å²) < 4.78 is 0. The number of nitrogens with zero attached hydrogens (tertiary/aromatic N) is 1. The summed E-state index contributed by atoms with van der Waals surface area (Å²) in [5.41, 5.74) is 5.77. The number of hydrogen-bond donors (Lipinski definition) is 2. The standard InChI is InChI=1S/C13H17N3O3/c14-9-6-7-12(16(18)19)11(8-9)13(17)15-10-4-2-1-3-5-10/h6-8,10H,1-5,14H2,(H,15,17). The fourth-order valence-electron chi connectivity index (χ4n) is 2.40. The quantitative estimate of drug-likeness (QED) is 0.496. The summed E-state index contributed by atoms with van der Waals surface area (Å²) >= 11 is 0. The summed E-state index contributed by atoms with van der Waals surface area (Å²) in [7, 11) is 0. The second-order valence-corrected chi connectivity index (χ2v) is 4.84. The third kappa shape index (κ3) is 3.21. The molecule has 0 saturated heterocycles. The van der Waals surface area contributed by atoms with Gasteiger partial charge in [-0.25, -0.2) is 0 Å². The zero-order chi connectivity index (χ0) is 13.8. The SMILES string of the molecule is Nc1ccc([N+](=O)[O-])c(C(=O)NC2CCCCC2)c1. The number of anilines is 1. The summed E-state index contributed by atoms with van der Waals surface area (Å²) in [5, 5.41) is 13.8. The predicted octanol–water partition coefficient (Wildman–Crippen LogP) is 2.24. The molecule has 6 heteroatoms. The second kappa shape index (κ2) is 5.69. The maximum Gasteiger partial charge on any atom is 0.282 e. The molecular weight excluding hydrogens is 246 g/mol. The van der Waals surface area contributed by atoms with Gasteiger partial charge in [0.2, 0.25) is 0 Å². The first-order chi connectivity index (χ1) is 9.08. The third-order valence-corrected chi connectivity index (χ3v) is 3.40. The van der Waals surface area contributed by atoms with Crippen molar-refractivity contribution in [1.82, 2.24) is 5.32 Å². The van der Waals surface area contributed by atoms with Crippen LogP contribution in [0.4, 0.5) is 11.4 Å². The van der Waals surface area contributed by atoms with E-state index < -0.39 is 10.8 Å². The molecule has 1 aliphatic carbocycles. The number of nitro groups is 1. The van der Waals surface area contributed by atoms with Crippen molar-refractivity contribution in [3.63, 3.8) is 0 Å². The van der Waals surface area contributed by atoms with Crippen molar-refractivity contribution in [2.75, 3.05) is 5.73 Å². The molecule has 1 aromatic rings. The highest BCUT2D eigenvalue weighted by atomic mass is 16.6. The van der Waals surface area contributed by atoms with Gasteiger partial charge in [-0.15, -0.1) is 0 Å². The minimum atomic E-state index is -0.560. The Hall–Kier alpha value is -2.11. The molecule has 1 aromatic carbocycles. The van der Waals surface area contributed by atoms with Crippen LogP contribution in [0.25, 0.3) is 0 Å². The molecule has 19 heavy (non-hydrogen) atoms. The zero-order valence-corrected chi connectivity index (χ0v) is 10.6. The Morgan fingerprint density at radius 1 is 1.32 bits per heavy atom. The summed E-state index contributed by atoms with van der Waals surface area (Å²) in [6.07, 6.45) is 5.22. The predicted molar refractivity (Wildman–Crippen MR) is 71.8 cm³/mol. The van der Waals surface area contributed by atoms with Crippen LogP contribution in [0, 0.1) is 10.1 Å². The Kier molecular flexibility index (Phi) is 3.99. The molecule has 0 unspecified atom stereocenters. The van der Waals surface area contributed by atoms with Crippen LogP contribution in [0.2, 0.25) is 0 Å². The monoisotopic (exact) mass is 263 g/mol. The Bertz CT molecular complexity index is 496. The minimum Gasteiger partial charge on any atom is -0.399 e. The number of carbonyl (C=O) groups is 1. The maximum absolute atomic E-state index is 12.1. The molecule has 1 saturated carbocycles. The van der Waals surface area contributed by atoms with E-state index in [9.17, 15) is 14.9 Å². The first kappa shape index (κ1) is 13.3. The minimum absolute atomic E-state index is 0.0376. The lowest BCUT2D eigenvalue weighted by Crippen LogP contribution is -2.36. The van der Waals surface area contributed by atoms with Crippen molar-refractivity contribution in [2.45, 2.75) is 38.1 Å². The lowest BCUT2D eigenvalue weighted by atomic mass is 9.95. The molecule has 0 heterocycles. The molecule has 0 aliphatic heterocycles. The van der Waals surface area contributed by atoms with Gasteiger partial charge >= 0.3 is 0 Å². The molecule has 0 bridgehead atoms. The highest BCUT2D eigenvalue weighted by Crippen LogP contribution is 2.23. The van der Waals surface area contributed by atoms with E-state index in [0.29, 0.717) is 5.69 Å². The highest BCUT2D eigenvalue weighted by molar-refractivity contribution is 5.99. The molecule has 1 aliphatic rings. The van der Waals surface area contributed by atoms with Gasteiger partial charge in [0.25, 0.3) is 11.6 Å². The van der Waals surface area contributed by atoms with Crippen molar-refractivity contribution in [2.24, 2.45) is 0 Å². The lowest BCUT2D eigenvalue weighted by molar-refractivity contribution is -0.385. The van der Waals surface area contributed by atoms with E-state index in [1.54, 1.807) is 0 Å². The van der Waals surface area contributed by atoms with E-state index >= 15 is 0 Å². The van der Waals surface area contributed by atoms with E-state index in [1.165, 1.54) is 24.6 Å². The summed E-state index contributed by atoms with van der Waals surface area (Å²) in [4.78, 5) is 22.5. The molecule has 1 fully saturated rings. The van der Waals surface area contributed by atoms with Gasteiger partial charge in [0, 0.05) is 17.8 Å². The van der Waals surface area contributed by atoms with Crippen molar-refractivity contribution in [3.8, 4) is 0 Å². The molecule has 6 nitrogen and oxygen atoms in total. The number of hydrogen-bond acceptors (Lipinski definition) is 4. The molecule has 1 amide bonds. The number of amides is 1. The fourth-order valence-corrected chi connectivity index (χ4v) is 2.40. The Morgan fingerprint density at radius 2 is 2.00 bits per heavy atom. The van der Waals surface area contributed by atoms with Gasteiger partial charge in [-0.3, -0.25) is 14.9 Å². The van der Waals surface area contributed by atoms with Crippen LogP contribution in [-0.4, -0.2) is 16.9 Å². The lowest BCUT2D eigenvalue weighted by Gasteiger charge is -2.22. The van der Waals surface area contributed by atoms with Crippen molar-refractivity contribution < 1.29 is 9.72 Å². The first-order valence-corrected chi connectivity index (χ1v) is 6.42. The topological polar surface area (TPSA) is 98.3 Å². The average Bonchev–Trinajstić information content (AvgIpc) is 2.39. The van der Waals surface area contributed by atoms with Gasteiger partial charge in [0.05, 0.1) is 4.92 Å². The molecule has 102 valence electrons. The van der Waals surface area contributed by atoms with Crippen LogP contribution in [0.15, 0.2) is 18.2 Å². The van der Waals surface area contributed by atoms with Crippen LogP contribution in [0.1, 0.15) is 42.5 Å². The van der Waals surface area contributed by atoms with E-state index in [1.807, 2.05) is 0 Å². The van der Waals surface area contributed by atoms with E-state index in [2.05, 4.69) is 5.32 Å². The van der Waals surface area contributed by atoms with Gasteiger partial charge in [0.1, 0.15) is 5.56 Å². The molecule has 0 aromatic heterocycles. The largest absolute Gasteiger partial charge is 0.399 e. The molecule has 0 atom stereocenters. The van der Waals surface area contributed by atoms with Crippen LogP contribution in [0.5, 0.6) is 0 Å². The summed E-state index contributed by atoms with van der Waals surface area (Å²) in [5.74, 6) is -0.411. The number of rotatable bonds is 3. The van der Waals surface area contributed by atoms with E-state index in [0.717, 1.165) is 25.7 Å². The highest BCUT2D eigenvalue weighted by Gasteiger charge is 2.23. The van der Waals surface area contributed by atoms with Crippen LogP contribution >= 0.6 is 0 Å². The third-order valence-electron chi connectivity index (χ3n) is 3.40. The number of nitro benzene ring substituents is 1. The van der Waals surface area contributed by atoms with Crippen molar-refractivity contribution in [3.05, 3.63) is 33.9 Å². The maximum atomic E-state index is 12.1. The first-order valence-electron chi connectivity index (χ1n) is 6.42. The number of nitrogens with two attached hydrogens (primary N) is 1. The van der Waals surface area contributed by atoms with Gasteiger partial charge < -0.3 is 11.1 Å². The molecule has 0 spiro atoms. The number of carbonyl (C=O) groups excluding carboxylic acids is 1. The number of nitrogens with one attached hydrogen (secondary N) is 1. The van der Waals surface area contributed by atoms with Gasteiger partial charge in [0.15, 0.2) is 0 Å². The normalized spacial score (nSPS) is 16.0. The Morgan fingerprint density at radius 3 is 2.63 bits per heavy atom. The average molecular weight is 263 g/mol. The van der Waals surface area contributed by atoms with E-state index in [-0.39, 0.29) is 17.3 Å². The van der Waals surface area contributed by atoms with Crippen LogP contribution < -0.4 is 11.1 Å². The van der Waals surface area contributed by atoms with Gasteiger partial charge in [-0.05, 0) is 25.0 Å². The molecule has 2 rings (SSSR count). The van der Waals surface area contributed by atoms with Crippen LogP contribution in [-0.2, 0) is 0 Å². The van der Waals surface area contributed by atoms with Gasteiger partial charge in [-0.2, -0.15) is 0 Å². The summed E-state index contributed by atoms with van der Waals surface area (Å²) in [6.45, 7) is 0. The molecule has 3 N–H and O–H groups in total. The summed E-state index contributed by atoms with van der Waals surface area (Å²) in [6, 6.07) is 4.17. The second-order valence-electron chi connectivity index (χ2n) is 4.84. The Labute approximate surface area is 111 Å².